The van der Waals surface area contributed by atoms with E-state index in [0.717, 1.165) is 15.8 Å². The smallest absolute Gasteiger partial charge is 0.261 e. The van der Waals surface area contributed by atoms with Crippen molar-refractivity contribution < 1.29 is 14.4 Å². The molecule has 8 nitrogen and oxygen atoms in total. The zero-order chi connectivity index (χ0) is 26.8. The quantitative estimate of drug-likeness (QED) is 0.240. The molecule has 10 heteroatoms. The number of rotatable bonds is 12. The van der Waals surface area contributed by atoms with Crippen molar-refractivity contribution in [1.82, 2.24) is 20.9 Å². The number of nitriles is 1. The van der Waals surface area contributed by atoms with E-state index in [4.69, 9.17) is 16.9 Å². The van der Waals surface area contributed by atoms with Crippen LogP contribution in [0.3, 0.4) is 0 Å². The first-order chi connectivity index (χ1) is 17.8. The lowest BCUT2D eigenvalue weighted by atomic mass is 10.0. The van der Waals surface area contributed by atoms with Crippen LogP contribution in [0.15, 0.2) is 60.7 Å². The number of amides is 3. The third kappa shape index (κ3) is 8.41. The number of carbonyl (C=O) groups is 3. The van der Waals surface area contributed by atoms with Gasteiger partial charge in [-0.05, 0) is 36.6 Å². The largest absolute Gasteiger partial charge is 0.349 e. The first kappa shape index (κ1) is 27.8. The van der Waals surface area contributed by atoms with E-state index in [-0.39, 0.29) is 24.4 Å². The van der Waals surface area contributed by atoms with Gasteiger partial charge in [-0.15, -0.1) is 11.3 Å². The molecule has 37 heavy (non-hydrogen) atoms. The predicted octanol–water partition coefficient (Wildman–Crippen LogP) is 3.70. The van der Waals surface area contributed by atoms with Crippen LogP contribution in [-0.2, 0) is 27.2 Å². The summed E-state index contributed by atoms with van der Waals surface area (Å²) in [6.45, 7) is 5.39. The second-order valence-corrected chi connectivity index (χ2v) is 10.0. The minimum absolute atomic E-state index is 0.0788. The molecule has 0 spiro atoms. The van der Waals surface area contributed by atoms with E-state index >= 15 is 0 Å². The van der Waals surface area contributed by atoms with Crippen LogP contribution < -0.4 is 16.0 Å². The van der Waals surface area contributed by atoms with Crippen molar-refractivity contribution in [3.8, 4) is 6.07 Å². The average molecular weight is 538 g/mol. The fourth-order valence-electron chi connectivity index (χ4n) is 3.66. The zero-order valence-electron chi connectivity index (χ0n) is 20.4. The Kier molecular flexibility index (Phi) is 10.2. The molecule has 2 atom stereocenters. The Morgan fingerprint density at radius 1 is 1.14 bits per heavy atom. The summed E-state index contributed by atoms with van der Waals surface area (Å²) in [4.78, 5) is 42.6. The van der Waals surface area contributed by atoms with E-state index < -0.39 is 23.9 Å². The maximum absolute atomic E-state index is 13.4. The Hall–Kier alpha value is -3.74. The van der Waals surface area contributed by atoms with Crippen molar-refractivity contribution in [2.24, 2.45) is 0 Å². The second-order valence-electron chi connectivity index (χ2n) is 8.49. The first-order valence-electron chi connectivity index (χ1n) is 11.8. The van der Waals surface area contributed by atoms with Gasteiger partial charge in [0, 0.05) is 24.4 Å². The molecular weight excluding hydrogens is 510 g/mol. The molecule has 3 rings (SSSR count). The van der Waals surface area contributed by atoms with Gasteiger partial charge in [-0.25, -0.2) is 4.98 Å². The van der Waals surface area contributed by atoms with E-state index in [9.17, 15) is 14.4 Å². The van der Waals surface area contributed by atoms with Crippen LogP contribution in [0.25, 0.3) is 10.2 Å². The highest BCUT2D eigenvalue weighted by molar-refractivity contribution is 7.18. The molecule has 0 saturated heterocycles. The van der Waals surface area contributed by atoms with Crippen LogP contribution in [0.2, 0.25) is 5.02 Å². The van der Waals surface area contributed by atoms with Gasteiger partial charge < -0.3 is 16.0 Å². The third-order valence-electron chi connectivity index (χ3n) is 5.49. The molecule has 0 aliphatic heterocycles. The lowest BCUT2D eigenvalue weighted by molar-refractivity contribution is -0.129. The van der Waals surface area contributed by atoms with E-state index in [1.807, 2.05) is 49.4 Å². The molecule has 0 aliphatic carbocycles. The molecule has 0 aliphatic rings. The van der Waals surface area contributed by atoms with Crippen molar-refractivity contribution in [3.05, 3.63) is 76.3 Å². The number of benzene rings is 2. The van der Waals surface area contributed by atoms with Gasteiger partial charge in [-0.1, -0.05) is 55.4 Å². The van der Waals surface area contributed by atoms with Crippen molar-refractivity contribution in [3.63, 3.8) is 0 Å². The highest BCUT2D eigenvalue weighted by atomic mass is 35.5. The maximum atomic E-state index is 13.4. The van der Waals surface area contributed by atoms with Crippen molar-refractivity contribution >= 4 is 50.9 Å². The van der Waals surface area contributed by atoms with E-state index in [1.54, 1.807) is 12.1 Å². The van der Waals surface area contributed by atoms with Gasteiger partial charge in [-0.2, -0.15) is 5.26 Å². The molecule has 1 heterocycles. The predicted molar refractivity (Wildman–Crippen MR) is 145 cm³/mol. The minimum Gasteiger partial charge on any atom is -0.349 e. The van der Waals surface area contributed by atoms with E-state index in [2.05, 4.69) is 27.5 Å². The number of hydrogen-bond donors (Lipinski definition) is 3. The Morgan fingerprint density at radius 2 is 1.89 bits per heavy atom. The molecule has 3 aromatic rings. The molecule has 1 aromatic heterocycles. The maximum Gasteiger partial charge on any atom is 0.261 e. The number of carbonyl (C=O) groups excluding carboxylic acids is 3. The Morgan fingerprint density at radius 3 is 2.59 bits per heavy atom. The summed E-state index contributed by atoms with van der Waals surface area (Å²) >= 11 is 7.51. The van der Waals surface area contributed by atoms with E-state index in [1.165, 1.54) is 11.3 Å². The van der Waals surface area contributed by atoms with Gasteiger partial charge in [0.15, 0.2) is 0 Å². The number of fused-ring (bicyclic) bond motifs is 1. The molecule has 2 aromatic carbocycles. The minimum atomic E-state index is -0.863. The first-order valence-corrected chi connectivity index (χ1v) is 13.0. The molecule has 3 amide bonds. The van der Waals surface area contributed by atoms with Gasteiger partial charge >= 0.3 is 0 Å². The topological polar surface area (TPSA) is 124 Å². The summed E-state index contributed by atoms with van der Waals surface area (Å²) in [7, 11) is 0. The van der Waals surface area contributed by atoms with Crippen LogP contribution in [0.5, 0.6) is 0 Å². The molecule has 0 bridgehead atoms. The summed E-state index contributed by atoms with van der Waals surface area (Å²) in [5.41, 5.74) is 1.51. The standard InChI is InChI=1S/C27H28ClN5O3S/c1-3-7-24(34)32-22(14-25-33-21-11-10-19(28)13-23(21)37-25)27(36)31-20(12-18-8-5-4-6-9-18)16-30-26(35)17(2)15-29/h4-6,8-11,13,20,22H,2-3,7,12,14,16H2,1H3,(H,30,35)(H,31,36)(H,32,34)/t20?,22-/m0/s1. The van der Waals surface area contributed by atoms with Gasteiger partial charge in [-0.3, -0.25) is 14.4 Å². The SMILES string of the molecule is C=C(C#N)C(=O)NCC(Cc1ccccc1)NC(=O)[C@H](Cc1nc2ccc(Cl)cc2s1)NC(=O)CCC. The number of nitrogens with zero attached hydrogens (tertiary/aromatic N) is 2. The Balaban J connectivity index is 1.79. The van der Waals surface area contributed by atoms with Crippen LogP contribution in [0.1, 0.15) is 30.3 Å². The van der Waals surface area contributed by atoms with Crippen molar-refractivity contribution in [2.45, 2.75) is 44.7 Å². The Bertz CT molecular complexity index is 1320. The fraction of sp³-hybridized carbons (Fsp3) is 0.296. The zero-order valence-corrected chi connectivity index (χ0v) is 22.0. The molecule has 0 fully saturated rings. The van der Waals surface area contributed by atoms with Crippen LogP contribution in [0.4, 0.5) is 0 Å². The Labute approximate surface area is 224 Å². The lowest BCUT2D eigenvalue weighted by Crippen LogP contribution is -2.53. The summed E-state index contributed by atoms with van der Waals surface area (Å²) in [5, 5.41) is 18.6. The third-order valence-corrected chi connectivity index (χ3v) is 6.77. The summed E-state index contributed by atoms with van der Waals surface area (Å²) in [6, 6.07) is 15.2. The highest BCUT2D eigenvalue weighted by Crippen LogP contribution is 2.26. The van der Waals surface area contributed by atoms with Gasteiger partial charge in [0.2, 0.25) is 11.8 Å². The monoisotopic (exact) mass is 537 g/mol. The normalized spacial score (nSPS) is 12.2. The van der Waals surface area contributed by atoms with Gasteiger partial charge in [0.25, 0.3) is 5.91 Å². The number of aromatic nitrogens is 1. The summed E-state index contributed by atoms with van der Waals surface area (Å²) in [6.07, 6.45) is 1.57. The number of nitrogens with one attached hydrogen (secondary N) is 3. The van der Waals surface area contributed by atoms with E-state index in [0.29, 0.717) is 29.3 Å². The average Bonchev–Trinajstić information content (AvgIpc) is 3.28. The summed E-state index contributed by atoms with van der Waals surface area (Å²) in [5.74, 6) is -1.23. The summed E-state index contributed by atoms with van der Waals surface area (Å²) < 4.78 is 0.893. The van der Waals surface area contributed by atoms with Crippen molar-refractivity contribution in [1.29, 1.82) is 5.26 Å². The van der Waals surface area contributed by atoms with Gasteiger partial charge in [0.1, 0.15) is 17.7 Å². The second kappa shape index (κ2) is 13.5. The van der Waals surface area contributed by atoms with Gasteiger partial charge in [0.05, 0.1) is 21.3 Å². The van der Waals surface area contributed by atoms with Crippen molar-refractivity contribution in [2.75, 3.05) is 6.54 Å². The highest BCUT2D eigenvalue weighted by Gasteiger charge is 2.25. The number of thiazole rings is 1. The molecular formula is C27H28ClN5O3S. The molecule has 1 unspecified atom stereocenters. The lowest BCUT2D eigenvalue weighted by Gasteiger charge is -2.24. The molecule has 3 N–H and O–H groups in total. The number of halogens is 1. The number of hydrogen-bond acceptors (Lipinski definition) is 6. The van der Waals surface area contributed by atoms with Crippen LogP contribution in [-0.4, -0.2) is 41.3 Å². The molecule has 0 saturated carbocycles. The molecule has 192 valence electrons. The molecule has 0 radical (unpaired) electrons. The van der Waals surface area contributed by atoms with Crippen LogP contribution in [0, 0.1) is 11.3 Å². The fourth-order valence-corrected chi connectivity index (χ4v) is 4.95. The van der Waals surface area contributed by atoms with Crippen LogP contribution >= 0.6 is 22.9 Å².